The minimum Gasteiger partial charge on any atom is -0.182 e. The molecule has 0 heterocycles. The number of hydrogen-bond donors (Lipinski definition) is 1. The van der Waals surface area contributed by atoms with Crippen LogP contribution in [0, 0.1) is 11.3 Å². The Balaban J connectivity index is 4.40. The first-order chi connectivity index (χ1) is 4.19. The Morgan fingerprint density at radius 3 is 1.50 bits per heavy atom. The zero-order valence-electron chi connectivity index (χ0n) is 7.60. The predicted octanol–water partition coefficient (Wildman–Crippen LogP) is 2.48. The fraction of sp³-hybridized carbons (Fsp3) is 1.00. The standard InChI is InChI=1S/C8H17BS/c1-6(2)8(9,10)7(3,4)5/h6,10H,1-5H3. The molecule has 2 heteroatoms. The van der Waals surface area contributed by atoms with E-state index in [2.05, 4.69) is 47.2 Å². The SMILES string of the molecule is [B]C(S)(C(C)C)C(C)(C)C. The number of hydrogen-bond acceptors (Lipinski definition) is 1. The lowest BCUT2D eigenvalue weighted by Crippen LogP contribution is -2.42. The molecule has 0 aromatic heterocycles. The highest BCUT2D eigenvalue weighted by atomic mass is 32.1. The van der Waals surface area contributed by atoms with Crippen LogP contribution in [0.3, 0.4) is 0 Å². The lowest BCUT2D eigenvalue weighted by atomic mass is 9.62. The van der Waals surface area contributed by atoms with Crippen molar-refractivity contribution in [2.75, 3.05) is 0 Å². The van der Waals surface area contributed by atoms with Crippen LogP contribution in [-0.4, -0.2) is 12.5 Å². The summed E-state index contributed by atoms with van der Waals surface area (Å²) in [5.74, 6) is 0.399. The highest BCUT2D eigenvalue weighted by Gasteiger charge is 2.35. The van der Waals surface area contributed by atoms with Crippen molar-refractivity contribution in [2.45, 2.75) is 39.3 Å². The molecule has 0 nitrogen and oxygen atoms in total. The van der Waals surface area contributed by atoms with Crippen molar-refractivity contribution < 1.29 is 0 Å². The van der Waals surface area contributed by atoms with Gasteiger partial charge in [-0.25, -0.2) is 0 Å². The highest BCUT2D eigenvalue weighted by Crippen LogP contribution is 2.38. The van der Waals surface area contributed by atoms with Gasteiger partial charge in [-0.05, 0) is 16.0 Å². The number of rotatable bonds is 1. The van der Waals surface area contributed by atoms with Crippen LogP contribution in [0.15, 0.2) is 0 Å². The summed E-state index contributed by atoms with van der Waals surface area (Å²) in [6.07, 6.45) is 0. The molecule has 0 aliphatic carbocycles. The Labute approximate surface area is 71.6 Å². The summed E-state index contributed by atoms with van der Waals surface area (Å²) in [5, 5.41) is 0. The van der Waals surface area contributed by atoms with Crippen LogP contribution < -0.4 is 0 Å². The van der Waals surface area contributed by atoms with E-state index in [1.807, 2.05) is 0 Å². The molecule has 2 radical (unpaired) electrons. The molecule has 0 aromatic carbocycles. The maximum Gasteiger partial charge on any atom is 0.0900 e. The largest absolute Gasteiger partial charge is 0.182 e. The summed E-state index contributed by atoms with van der Waals surface area (Å²) in [6.45, 7) is 10.5. The van der Waals surface area contributed by atoms with Crippen molar-refractivity contribution in [1.29, 1.82) is 0 Å². The molecule has 1 unspecified atom stereocenters. The van der Waals surface area contributed by atoms with Crippen LogP contribution in [-0.2, 0) is 0 Å². The van der Waals surface area contributed by atoms with E-state index < -0.39 is 0 Å². The van der Waals surface area contributed by atoms with Gasteiger partial charge in [-0.3, -0.25) is 0 Å². The van der Waals surface area contributed by atoms with Gasteiger partial charge in [-0.2, -0.15) is 12.6 Å². The van der Waals surface area contributed by atoms with Gasteiger partial charge in [-0.15, -0.1) is 0 Å². The first kappa shape index (κ1) is 10.4. The molecule has 1 atom stereocenters. The highest BCUT2D eigenvalue weighted by molar-refractivity contribution is 7.83. The lowest BCUT2D eigenvalue weighted by molar-refractivity contribution is 0.301. The van der Waals surface area contributed by atoms with Crippen LogP contribution in [0.1, 0.15) is 34.6 Å². The van der Waals surface area contributed by atoms with E-state index in [4.69, 9.17) is 7.85 Å². The summed E-state index contributed by atoms with van der Waals surface area (Å²) in [7, 11) is 6.00. The molecule has 0 rings (SSSR count). The molecule has 0 spiro atoms. The molecule has 0 amide bonds. The molecule has 0 aromatic rings. The van der Waals surface area contributed by atoms with Gasteiger partial charge in [0.1, 0.15) is 0 Å². The Kier molecular flexibility index (Phi) is 2.92. The van der Waals surface area contributed by atoms with Crippen molar-refractivity contribution >= 4 is 20.5 Å². The van der Waals surface area contributed by atoms with Crippen molar-refractivity contribution in [3.8, 4) is 0 Å². The summed E-state index contributed by atoms with van der Waals surface area (Å²) in [5.41, 5.74) is 0.0598. The van der Waals surface area contributed by atoms with Crippen LogP contribution in [0.5, 0.6) is 0 Å². The van der Waals surface area contributed by atoms with Crippen LogP contribution in [0.4, 0.5) is 0 Å². The van der Waals surface area contributed by atoms with Crippen LogP contribution in [0.25, 0.3) is 0 Å². The number of thiol groups is 1. The third-order valence-electron chi connectivity index (χ3n) is 2.08. The van der Waals surface area contributed by atoms with Gasteiger partial charge in [0, 0.05) is 0 Å². The summed E-state index contributed by atoms with van der Waals surface area (Å²) in [6, 6.07) is 0. The third kappa shape index (κ3) is 1.95. The van der Waals surface area contributed by atoms with E-state index in [1.54, 1.807) is 0 Å². The average molecular weight is 156 g/mol. The average Bonchev–Trinajstić information content (AvgIpc) is 1.62. The lowest BCUT2D eigenvalue weighted by Gasteiger charge is -2.42. The van der Waals surface area contributed by atoms with Gasteiger partial charge in [0.25, 0.3) is 0 Å². The van der Waals surface area contributed by atoms with E-state index in [0.717, 1.165) is 0 Å². The minimum absolute atomic E-state index is 0.0598. The Hall–Kier alpha value is 0.415. The molecule has 58 valence electrons. The summed E-state index contributed by atoms with van der Waals surface area (Å²) in [4.78, 5) is 0. The third-order valence-corrected chi connectivity index (χ3v) is 3.27. The normalized spacial score (nSPS) is 19.1. The molecule has 0 aliphatic heterocycles. The van der Waals surface area contributed by atoms with Gasteiger partial charge < -0.3 is 0 Å². The van der Waals surface area contributed by atoms with Crippen LogP contribution >= 0.6 is 12.6 Å². The van der Waals surface area contributed by atoms with Gasteiger partial charge in [0.15, 0.2) is 0 Å². The van der Waals surface area contributed by atoms with Crippen LogP contribution in [0.2, 0.25) is 0 Å². The smallest absolute Gasteiger partial charge is 0.0900 e. The van der Waals surface area contributed by atoms with Gasteiger partial charge >= 0.3 is 0 Å². The molecule has 0 saturated heterocycles. The Bertz CT molecular complexity index is 111. The van der Waals surface area contributed by atoms with Gasteiger partial charge in [-0.1, -0.05) is 34.6 Å². The molecule has 0 fully saturated rings. The molecule has 0 bridgehead atoms. The molecule has 10 heavy (non-hydrogen) atoms. The van der Waals surface area contributed by atoms with E-state index in [-0.39, 0.29) is 10.1 Å². The van der Waals surface area contributed by atoms with Gasteiger partial charge in [0.05, 0.1) is 7.85 Å². The van der Waals surface area contributed by atoms with E-state index >= 15 is 0 Å². The topological polar surface area (TPSA) is 0 Å². The van der Waals surface area contributed by atoms with E-state index in [9.17, 15) is 0 Å². The summed E-state index contributed by atoms with van der Waals surface area (Å²) < 4.78 is -0.368. The van der Waals surface area contributed by atoms with Crippen molar-refractivity contribution in [1.82, 2.24) is 0 Å². The zero-order chi connectivity index (χ0) is 8.58. The monoisotopic (exact) mass is 156 g/mol. The summed E-state index contributed by atoms with van der Waals surface area (Å²) >= 11 is 4.44. The van der Waals surface area contributed by atoms with E-state index in [0.29, 0.717) is 5.92 Å². The van der Waals surface area contributed by atoms with Crippen molar-refractivity contribution in [3.63, 3.8) is 0 Å². The first-order valence-electron chi connectivity index (χ1n) is 3.71. The minimum atomic E-state index is -0.368. The van der Waals surface area contributed by atoms with Gasteiger partial charge in [0.2, 0.25) is 0 Å². The quantitative estimate of drug-likeness (QED) is 0.437. The molecular formula is C8H17BS. The second-order valence-electron chi connectivity index (χ2n) is 4.23. The first-order valence-corrected chi connectivity index (χ1v) is 4.15. The maximum absolute atomic E-state index is 6.00. The Morgan fingerprint density at radius 1 is 1.20 bits per heavy atom. The van der Waals surface area contributed by atoms with Crippen molar-refractivity contribution in [3.05, 3.63) is 0 Å². The maximum atomic E-state index is 6.00. The molecule has 0 saturated carbocycles. The zero-order valence-corrected chi connectivity index (χ0v) is 8.50. The van der Waals surface area contributed by atoms with Crippen molar-refractivity contribution in [2.24, 2.45) is 11.3 Å². The second kappa shape index (κ2) is 2.81. The molecular weight excluding hydrogens is 139 g/mol. The fourth-order valence-corrected chi connectivity index (χ4v) is 0.866. The predicted molar refractivity (Wildman–Crippen MR) is 51.8 cm³/mol. The second-order valence-corrected chi connectivity index (χ2v) is 4.97. The molecule has 0 N–H and O–H groups in total. The Morgan fingerprint density at radius 2 is 1.50 bits per heavy atom. The fourth-order valence-electron chi connectivity index (χ4n) is 0.866. The molecule has 0 aliphatic rings. The van der Waals surface area contributed by atoms with E-state index in [1.165, 1.54) is 0 Å².